The predicted molar refractivity (Wildman–Crippen MR) is 79.9 cm³/mol. The van der Waals surface area contributed by atoms with Gasteiger partial charge < -0.3 is 4.74 Å². The second-order valence-electron chi connectivity index (χ2n) is 3.61. The van der Waals surface area contributed by atoms with Crippen LogP contribution in [-0.4, -0.2) is 29.2 Å². The van der Waals surface area contributed by atoms with E-state index in [-0.39, 0.29) is 11.7 Å². The van der Waals surface area contributed by atoms with Crippen LogP contribution in [0.15, 0.2) is 12.1 Å². The molecule has 6 heteroatoms. The minimum atomic E-state index is -0.841. The zero-order chi connectivity index (χ0) is 15.0. The molecular formula is C14H14O4S2. The summed E-state index contributed by atoms with van der Waals surface area (Å²) in [6, 6.07) is 3.26. The van der Waals surface area contributed by atoms with Gasteiger partial charge in [0.05, 0.1) is 16.4 Å². The maximum absolute atomic E-state index is 11.6. The number of thiophene rings is 1. The van der Waals surface area contributed by atoms with Crippen LogP contribution in [0.25, 0.3) is 0 Å². The normalized spacial score (nSPS) is 9.50. The largest absolute Gasteiger partial charge is 0.460 e. The summed E-state index contributed by atoms with van der Waals surface area (Å²) in [6.45, 7) is 3.34. The molecule has 0 aliphatic carbocycles. The predicted octanol–water partition coefficient (Wildman–Crippen LogP) is 2.52. The SMILES string of the molecule is CCOC(=O)C(=O)c1ccc(C#CCCSC(C)=O)s1. The molecule has 0 amide bonds. The molecule has 0 spiro atoms. The summed E-state index contributed by atoms with van der Waals surface area (Å²) in [6.07, 6.45) is 0.600. The van der Waals surface area contributed by atoms with Crippen molar-refractivity contribution in [1.82, 2.24) is 0 Å². The lowest BCUT2D eigenvalue weighted by molar-refractivity contribution is -0.137. The number of ketones is 1. The Kier molecular flexibility index (Phi) is 7.05. The fourth-order valence-corrected chi connectivity index (χ4v) is 2.52. The van der Waals surface area contributed by atoms with Crippen LogP contribution in [0.1, 0.15) is 34.8 Å². The van der Waals surface area contributed by atoms with Crippen LogP contribution in [-0.2, 0) is 14.3 Å². The van der Waals surface area contributed by atoms with Crippen molar-refractivity contribution in [2.45, 2.75) is 20.3 Å². The summed E-state index contributed by atoms with van der Waals surface area (Å²) >= 11 is 2.39. The highest BCUT2D eigenvalue weighted by Crippen LogP contribution is 2.16. The van der Waals surface area contributed by atoms with E-state index in [9.17, 15) is 14.4 Å². The molecule has 106 valence electrons. The van der Waals surface area contributed by atoms with Crippen LogP contribution in [0.4, 0.5) is 0 Å². The molecule has 0 unspecified atom stereocenters. The number of esters is 1. The molecule has 1 aromatic rings. The van der Waals surface area contributed by atoms with Gasteiger partial charge in [0.25, 0.3) is 5.78 Å². The third-order valence-electron chi connectivity index (χ3n) is 2.03. The first-order valence-corrected chi connectivity index (χ1v) is 7.78. The van der Waals surface area contributed by atoms with Gasteiger partial charge in [-0.05, 0) is 19.1 Å². The van der Waals surface area contributed by atoms with Gasteiger partial charge in [0.15, 0.2) is 5.12 Å². The lowest BCUT2D eigenvalue weighted by Crippen LogP contribution is -2.16. The number of Topliss-reactive ketones (excluding diaryl/α,β-unsaturated/α-hetero) is 1. The van der Waals surface area contributed by atoms with Gasteiger partial charge in [0, 0.05) is 19.1 Å². The van der Waals surface area contributed by atoms with Crippen molar-refractivity contribution in [1.29, 1.82) is 0 Å². The average Bonchev–Trinajstić information content (AvgIpc) is 2.86. The summed E-state index contributed by atoms with van der Waals surface area (Å²) in [5.41, 5.74) is 0. The molecule has 0 aliphatic heterocycles. The van der Waals surface area contributed by atoms with Crippen molar-refractivity contribution in [2.75, 3.05) is 12.4 Å². The maximum Gasteiger partial charge on any atom is 0.380 e. The molecule has 1 heterocycles. The van der Waals surface area contributed by atoms with Gasteiger partial charge in [0.1, 0.15) is 0 Å². The molecule has 0 saturated carbocycles. The zero-order valence-electron chi connectivity index (χ0n) is 11.2. The fraction of sp³-hybridized carbons (Fsp3) is 0.357. The smallest absolute Gasteiger partial charge is 0.380 e. The molecule has 0 saturated heterocycles. The summed E-state index contributed by atoms with van der Waals surface area (Å²) in [4.78, 5) is 34.7. The van der Waals surface area contributed by atoms with E-state index in [1.54, 1.807) is 19.1 Å². The van der Waals surface area contributed by atoms with Gasteiger partial charge >= 0.3 is 5.97 Å². The summed E-state index contributed by atoms with van der Waals surface area (Å²) in [5.74, 6) is 5.00. The number of carbonyl (C=O) groups excluding carboxylic acids is 3. The highest BCUT2D eigenvalue weighted by atomic mass is 32.2. The van der Waals surface area contributed by atoms with Crippen LogP contribution in [0.3, 0.4) is 0 Å². The van der Waals surface area contributed by atoms with E-state index in [1.807, 2.05) is 0 Å². The van der Waals surface area contributed by atoms with Crippen molar-refractivity contribution in [3.05, 3.63) is 21.9 Å². The van der Waals surface area contributed by atoms with E-state index in [2.05, 4.69) is 16.6 Å². The number of hydrogen-bond donors (Lipinski definition) is 0. The Morgan fingerprint density at radius 2 is 2.10 bits per heavy atom. The van der Waals surface area contributed by atoms with E-state index in [1.165, 1.54) is 18.7 Å². The zero-order valence-corrected chi connectivity index (χ0v) is 12.9. The molecule has 0 bridgehead atoms. The molecule has 1 aromatic heterocycles. The quantitative estimate of drug-likeness (QED) is 0.275. The van der Waals surface area contributed by atoms with Crippen LogP contribution < -0.4 is 0 Å². The second kappa shape index (κ2) is 8.56. The van der Waals surface area contributed by atoms with E-state index in [4.69, 9.17) is 0 Å². The minimum absolute atomic E-state index is 0.0743. The molecule has 0 aliphatic rings. The number of ether oxygens (including phenoxy) is 1. The molecule has 0 radical (unpaired) electrons. The van der Waals surface area contributed by atoms with Gasteiger partial charge in [-0.25, -0.2) is 4.79 Å². The van der Waals surface area contributed by atoms with Gasteiger partial charge in [-0.15, -0.1) is 11.3 Å². The first-order valence-electron chi connectivity index (χ1n) is 5.98. The third kappa shape index (κ3) is 5.59. The van der Waals surface area contributed by atoms with E-state index in [0.29, 0.717) is 21.9 Å². The molecule has 4 nitrogen and oxygen atoms in total. The first-order chi connectivity index (χ1) is 9.54. The highest BCUT2D eigenvalue weighted by molar-refractivity contribution is 8.13. The Balaban J connectivity index is 2.55. The van der Waals surface area contributed by atoms with E-state index < -0.39 is 11.8 Å². The van der Waals surface area contributed by atoms with E-state index >= 15 is 0 Å². The molecule has 0 aromatic carbocycles. The molecule has 0 N–H and O–H groups in total. The Morgan fingerprint density at radius 3 is 2.75 bits per heavy atom. The maximum atomic E-state index is 11.6. The Labute approximate surface area is 125 Å². The molecule has 0 fully saturated rings. The van der Waals surface area contributed by atoms with Gasteiger partial charge in [-0.2, -0.15) is 0 Å². The fourth-order valence-electron chi connectivity index (χ4n) is 1.22. The third-order valence-corrected chi connectivity index (χ3v) is 3.85. The molecular weight excluding hydrogens is 296 g/mol. The van der Waals surface area contributed by atoms with Crippen LogP contribution in [0, 0.1) is 11.8 Å². The highest BCUT2D eigenvalue weighted by Gasteiger charge is 2.18. The van der Waals surface area contributed by atoms with Gasteiger partial charge in [-0.3, -0.25) is 9.59 Å². The van der Waals surface area contributed by atoms with Crippen LogP contribution >= 0.6 is 23.1 Å². The van der Waals surface area contributed by atoms with Gasteiger partial charge in [0.2, 0.25) is 0 Å². The van der Waals surface area contributed by atoms with Crippen molar-refractivity contribution in [3.8, 4) is 11.8 Å². The standard InChI is InChI=1S/C14H14O4S2/c1-3-18-14(17)13(16)12-8-7-11(20-12)6-4-5-9-19-10(2)15/h7-8H,3,5,9H2,1-2H3. The van der Waals surface area contributed by atoms with Crippen molar-refractivity contribution in [2.24, 2.45) is 0 Å². The van der Waals surface area contributed by atoms with Crippen LogP contribution in [0.5, 0.6) is 0 Å². The van der Waals surface area contributed by atoms with Crippen molar-refractivity contribution < 1.29 is 19.1 Å². The lowest BCUT2D eigenvalue weighted by Gasteiger charge is -1.97. The second-order valence-corrected chi connectivity index (χ2v) is 5.96. The molecule has 20 heavy (non-hydrogen) atoms. The Bertz CT molecular complexity index is 563. The molecule has 0 atom stereocenters. The van der Waals surface area contributed by atoms with Gasteiger partial charge in [-0.1, -0.05) is 23.6 Å². The van der Waals surface area contributed by atoms with Crippen LogP contribution in [0.2, 0.25) is 0 Å². The summed E-state index contributed by atoms with van der Waals surface area (Å²) in [7, 11) is 0. The Morgan fingerprint density at radius 1 is 1.35 bits per heavy atom. The summed E-state index contributed by atoms with van der Waals surface area (Å²) < 4.78 is 4.65. The minimum Gasteiger partial charge on any atom is -0.460 e. The summed E-state index contributed by atoms with van der Waals surface area (Å²) in [5, 5.41) is 0.0743. The number of thioether (sulfide) groups is 1. The monoisotopic (exact) mass is 310 g/mol. The number of carbonyl (C=O) groups is 3. The number of rotatable bonds is 5. The van der Waals surface area contributed by atoms with Crippen molar-refractivity contribution >= 4 is 40.0 Å². The Hall–Kier alpha value is -1.58. The van der Waals surface area contributed by atoms with Crippen molar-refractivity contribution in [3.63, 3.8) is 0 Å². The average molecular weight is 310 g/mol. The molecule has 1 rings (SSSR count). The van der Waals surface area contributed by atoms with E-state index in [0.717, 1.165) is 11.3 Å². The lowest BCUT2D eigenvalue weighted by atomic mass is 10.3. The topological polar surface area (TPSA) is 60.4 Å². The first kappa shape index (κ1) is 16.5. The number of hydrogen-bond acceptors (Lipinski definition) is 6.